The molecule has 3 fully saturated rings. The van der Waals surface area contributed by atoms with Crippen molar-refractivity contribution in [2.45, 2.75) is 37.8 Å². The van der Waals surface area contributed by atoms with E-state index in [0.29, 0.717) is 18.1 Å². The summed E-state index contributed by atoms with van der Waals surface area (Å²) in [6.07, 6.45) is 6.88. The van der Waals surface area contributed by atoms with Crippen LogP contribution in [0.1, 0.15) is 25.7 Å². The third-order valence-corrected chi connectivity index (χ3v) is 5.69. The zero-order valence-corrected chi connectivity index (χ0v) is 14.3. The van der Waals surface area contributed by atoms with Crippen LogP contribution in [0.2, 0.25) is 0 Å². The van der Waals surface area contributed by atoms with Crippen LogP contribution in [0.25, 0.3) is 0 Å². The lowest BCUT2D eigenvalue weighted by Gasteiger charge is -2.40. The molecule has 4 rings (SSSR count). The Balaban J connectivity index is 1.30. The Hall–Kier alpha value is -1.17. The number of hydrogen-bond acceptors (Lipinski definition) is 5. The van der Waals surface area contributed by atoms with Crippen molar-refractivity contribution < 1.29 is 14.2 Å². The fraction of sp³-hybridized carbons (Fsp3) is 0.737. The second-order valence-corrected chi connectivity index (χ2v) is 7.34. The molecule has 24 heavy (non-hydrogen) atoms. The van der Waals surface area contributed by atoms with E-state index in [1.165, 1.54) is 25.8 Å². The Bertz CT molecular complexity index is 507. The molecule has 0 aromatic carbocycles. The van der Waals surface area contributed by atoms with Crippen LogP contribution >= 0.6 is 0 Å². The molecule has 0 spiro atoms. The Morgan fingerprint density at radius 3 is 2.88 bits per heavy atom. The molecule has 5 heteroatoms. The van der Waals surface area contributed by atoms with Gasteiger partial charge in [-0.2, -0.15) is 0 Å². The monoisotopic (exact) mass is 332 g/mol. The van der Waals surface area contributed by atoms with Crippen molar-refractivity contribution in [3.63, 3.8) is 0 Å². The Morgan fingerprint density at radius 1 is 1.12 bits per heavy atom. The molecule has 132 valence electrons. The van der Waals surface area contributed by atoms with Gasteiger partial charge in [-0.15, -0.1) is 0 Å². The highest BCUT2D eigenvalue weighted by molar-refractivity contribution is 5.09. The van der Waals surface area contributed by atoms with Crippen molar-refractivity contribution in [3.05, 3.63) is 24.4 Å². The average Bonchev–Trinajstić information content (AvgIpc) is 3.06. The lowest BCUT2D eigenvalue weighted by atomic mass is 9.98. The molecule has 0 radical (unpaired) electrons. The zero-order valence-electron chi connectivity index (χ0n) is 14.3. The van der Waals surface area contributed by atoms with Crippen molar-refractivity contribution in [1.82, 2.24) is 9.88 Å². The zero-order chi connectivity index (χ0) is 16.2. The summed E-state index contributed by atoms with van der Waals surface area (Å²) in [5.74, 6) is 2.09. The Kier molecular flexibility index (Phi) is 5.30. The van der Waals surface area contributed by atoms with E-state index < -0.39 is 0 Å². The molecule has 5 nitrogen and oxygen atoms in total. The summed E-state index contributed by atoms with van der Waals surface area (Å²) in [7, 11) is 0. The number of nitrogens with zero attached hydrogens (tertiary/aromatic N) is 2. The second-order valence-electron chi connectivity index (χ2n) is 7.34. The number of hydrogen-bond donors (Lipinski definition) is 0. The van der Waals surface area contributed by atoms with Crippen LogP contribution in [0.4, 0.5) is 0 Å². The van der Waals surface area contributed by atoms with E-state index in [1.54, 1.807) is 6.20 Å². The average molecular weight is 332 g/mol. The molecule has 1 aromatic heterocycles. The number of aromatic nitrogens is 1. The molecule has 1 aromatic rings. The first-order chi connectivity index (χ1) is 11.9. The van der Waals surface area contributed by atoms with E-state index in [0.717, 1.165) is 51.2 Å². The van der Waals surface area contributed by atoms with Gasteiger partial charge in [-0.25, -0.2) is 4.98 Å². The summed E-state index contributed by atoms with van der Waals surface area (Å²) >= 11 is 0. The van der Waals surface area contributed by atoms with Crippen LogP contribution in [0.5, 0.6) is 5.88 Å². The fourth-order valence-electron chi connectivity index (χ4n) is 4.38. The van der Waals surface area contributed by atoms with Gasteiger partial charge in [0, 0.05) is 44.6 Å². The molecular weight excluding hydrogens is 304 g/mol. The summed E-state index contributed by atoms with van der Waals surface area (Å²) in [5, 5.41) is 0. The predicted octanol–water partition coefficient (Wildman–Crippen LogP) is 2.37. The molecule has 0 unspecified atom stereocenters. The summed E-state index contributed by atoms with van der Waals surface area (Å²) < 4.78 is 17.4. The highest BCUT2D eigenvalue weighted by atomic mass is 16.5. The van der Waals surface area contributed by atoms with E-state index in [2.05, 4.69) is 9.88 Å². The molecule has 3 heterocycles. The number of fused-ring (bicyclic) bond motifs is 1. The van der Waals surface area contributed by atoms with Crippen LogP contribution in [0, 0.1) is 11.8 Å². The first-order valence-corrected chi connectivity index (χ1v) is 9.35. The van der Waals surface area contributed by atoms with Crippen LogP contribution in [0.3, 0.4) is 0 Å². The van der Waals surface area contributed by atoms with Crippen LogP contribution in [-0.2, 0) is 9.47 Å². The van der Waals surface area contributed by atoms with Crippen molar-refractivity contribution >= 4 is 0 Å². The highest BCUT2D eigenvalue weighted by Crippen LogP contribution is 2.35. The smallest absolute Gasteiger partial charge is 0.213 e. The van der Waals surface area contributed by atoms with Crippen LogP contribution in [-0.4, -0.2) is 61.5 Å². The molecular formula is C19H28N2O3. The maximum atomic E-state index is 6.07. The lowest BCUT2D eigenvalue weighted by Crippen LogP contribution is -2.50. The molecule has 1 saturated carbocycles. The van der Waals surface area contributed by atoms with Gasteiger partial charge < -0.3 is 14.2 Å². The molecule has 3 aliphatic rings. The third-order valence-electron chi connectivity index (χ3n) is 5.69. The number of morpholine rings is 1. The number of ether oxygens (including phenoxy) is 3. The van der Waals surface area contributed by atoms with Gasteiger partial charge in [0.1, 0.15) is 0 Å². The maximum Gasteiger partial charge on any atom is 0.213 e. The first kappa shape index (κ1) is 16.3. The third kappa shape index (κ3) is 3.90. The van der Waals surface area contributed by atoms with Crippen LogP contribution < -0.4 is 4.74 Å². The van der Waals surface area contributed by atoms with E-state index in [9.17, 15) is 0 Å². The van der Waals surface area contributed by atoms with E-state index in [1.807, 2.05) is 18.2 Å². The summed E-state index contributed by atoms with van der Waals surface area (Å²) in [6.45, 7) is 5.78. The van der Waals surface area contributed by atoms with Crippen molar-refractivity contribution in [3.8, 4) is 5.88 Å². The van der Waals surface area contributed by atoms with Gasteiger partial charge in [0.2, 0.25) is 5.88 Å². The van der Waals surface area contributed by atoms with Gasteiger partial charge in [-0.1, -0.05) is 6.07 Å². The molecule has 0 amide bonds. The van der Waals surface area contributed by atoms with Gasteiger partial charge >= 0.3 is 0 Å². The van der Waals surface area contributed by atoms with Crippen molar-refractivity contribution in [1.29, 1.82) is 0 Å². The van der Waals surface area contributed by atoms with Gasteiger partial charge in [0.15, 0.2) is 0 Å². The summed E-state index contributed by atoms with van der Waals surface area (Å²) in [5.41, 5.74) is 0. The first-order valence-electron chi connectivity index (χ1n) is 9.35. The standard InChI is InChI=1S/C19H28N2O3/c1-2-6-20-19(3-1)24-14-16-11-17-18(12-16)23-10-7-21(17)13-15-4-8-22-9-5-15/h1-3,6,15-18H,4-5,7-14H2/t16-,17-,18-/m1/s1. The minimum atomic E-state index is 0.385. The highest BCUT2D eigenvalue weighted by Gasteiger charge is 2.41. The fourth-order valence-corrected chi connectivity index (χ4v) is 4.38. The van der Waals surface area contributed by atoms with E-state index in [4.69, 9.17) is 14.2 Å². The lowest BCUT2D eigenvalue weighted by molar-refractivity contribution is -0.0658. The van der Waals surface area contributed by atoms with Crippen molar-refractivity contribution in [2.24, 2.45) is 11.8 Å². The number of rotatable bonds is 5. The van der Waals surface area contributed by atoms with Gasteiger partial charge in [0.05, 0.1) is 19.3 Å². The minimum absolute atomic E-state index is 0.385. The Labute approximate surface area is 144 Å². The largest absolute Gasteiger partial charge is 0.477 e. The molecule has 0 bridgehead atoms. The minimum Gasteiger partial charge on any atom is -0.477 e. The number of pyridine rings is 1. The molecule has 0 N–H and O–H groups in total. The molecule has 2 aliphatic heterocycles. The van der Waals surface area contributed by atoms with E-state index in [-0.39, 0.29) is 0 Å². The second kappa shape index (κ2) is 7.81. The predicted molar refractivity (Wildman–Crippen MR) is 91.1 cm³/mol. The SMILES string of the molecule is c1ccc(OC[C@@H]2C[C@@H]3[C@@H](C2)OCCN3CC2CCOCC2)nc1. The van der Waals surface area contributed by atoms with E-state index >= 15 is 0 Å². The van der Waals surface area contributed by atoms with Crippen LogP contribution in [0.15, 0.2) is 24.4 Å². The van der Waals surface area contributed by atoms with Crippen molar-refractivity contribution in [2.75, 3.05) is 39.5 Å². The van der Waals surface area contributed by atoms with Gasteiger partial charge in [-0.3, -0.25) is 4.90 Å². The molecule has 3 atom stereocenters. The molecule has 1 aliphatic carbocycles. The normalized spacial score (nSPS) is 31.8. The maximum absolute atomic E-state index is 6.07. The molecule has 2 saturated heterocycles. The Morgan fingerprint density at radius 2 is 2.04 bits per heavy atom. The topological polar surface area (TPSA) is 43.8 Å². The quantitative estimate of drug-likeness (QED) is 0.828. The summed E-state index contributed by atoms with van der Waals surface area (Å²) in [6, 6.07) is 6.38. The van der Waals surface area contributed by atoms with Gasteiger partial charge in [0.25, 0.3) is 0 Å². The summed E-state index contributed by atoms with van der Waals surface area (Å²) in [4.78, 5) is 6.93. The van der Waals surface area contributed by atoms with Gasteiger partial charge in [-0.05, 0) is 43.6 Å².